The molecule has 5 rings (SSSR count). The number of nitrogens with one attached hydrogen (secondary N) is 1. The number of hydrogen-bond donors (Lipinski definition) is 1. The lowest BCUT2D eigenvalue weighted by atomic mass is 9.93. The molecule has 1 fully saturated rings. The summed E-state index contributed by atoms with van der Waals surface area (Å²) in [5.74, 6) is 1.25. The van der Waals surface area contributed by atoms with Crippen LogP contribution in [-0.2, 0) is 7.05 Å². The summed E-state index contributed by atoms with van der Waals surface area (Å²) >= 11 is 6.05. The number of pyridine rings is 2. The van der Waals surface area contributed by atoms with Crippen LogP contribution >= 0.6 is 11.6 Å². The molecule has 1 aliphatic carbocycles. The molecule has 1 saturated carbocycles. The van der Waals surface area contributed by atoms with E-state index in [4.69, 9.17) is 21.4 Å². The van der Waals surface area contributed by atoms with Crippen molar-refractivity contribution in [3.8, 4) is 23.1 Å². The molecule has 0 aliphatic heterocycles. The summed E-state index contributed by atoms with van der Waals surface area (Å²) in [6, 6.07) is 6.01. The quantitative estimate of drug-likeness (QED) is 0.469. The van der Waals surface area contributed by atoms with Crippen LogP contribution in [0.1, 0.15) is 37.4 Å². The highest BCUT2D eigenvalue weighted by molar-refractivity contribution is 6.30. The van der Waals surface area contributed by atoms with Crippen molar-refractivity contribution in [3.63, 3.8) is 0 Å². The van der Waals surface area contributed by atoms with Crippen LogP contribution in [0, 0.1) is 11.3 Å². The summed E-state index contributed by atoms with van der Waals surface area (Å²) in [6.07, 6.45) is 10.6. The molecule has 10 heteroatoms. The van der Waals surface area contributed by atoms with E-state index in [2.05, 4.69) is 31.1 Å². The Kier molecular flexibility index (Phi) is 5.60. The summed E-state index contributed by atoms with van der Waals surface area (Å²) in [5, 5.41) is 23.2. The van der Waals surface area contributed by atoms with Gasteiger partial charge in [0.2, 0.25) is 0 Å². The van der Waals surface area contributed by atoms with E-state index < -0.39 is 0 Å². The molecule has 168 valence electrons. The monoisotopic (exact) mass is 462 g/mol. The van der Waals surface area contributed by atoms with Crippen molar-refractivity contribution in [3.05, 3.63) is 47.6 Å². The Balaban J connectivity index is 1.40. The van der Waals surface area contributed by atoms with E-state index in [0.29, 0.717) is 10.8 Å². The van der Waals surface area contributed by atoms with E-state index in [0.717, 1.165) is 53.7 Å². The predicted octanol–water partition coefficient (Wildman–Crippen LogP) is 4.36. The standard InChI is InChI=1S/C23H23ClN8O/c1-26-22-8-20-18(12-28-22)23(14-10-29-31(2)13-14)30-32(20)16-3-5-17(6-4-16)33-21-7-15(24)11-27-19(21)9-25/h7-8,10-13,16-17H,3-6H2,1-2H3,(H,26,28)/t16-,17+. The van der Waals surface area contributed by atoms with Gasteiger partial charge >= 0.3 is 0 Å². The minimum atomic E-state index is 0.00257. The third-order valence-corrected chi connectivity index (χ3v) is 6.24. The minimum absolute atomic E-state index is 0.00257. The SMILES string of the molecule is CNc1cc2c(cn1)c(-c1cnn(C)c1)nn2[C@H]1CC[C@@H](Oc2cc(Cl)cnc2C#N)CC1. The highest BCUT2D eigenvalue weighted by atomic mass is 35.5. The van der Waals surface area contributed by atoms with E-state index >= 15 is 0 Å². The second kappa shape index (κ2) is 8.71. The highest BCUT2D eigenvalue weighted by Crippen LogP contribution is 2.36. The molecule has 0 amide bonds. The van der Waals surface area contributed by atoms with Crippen molar-refractivity contribution in [2.75, 3.05) is 12.4 Å². The van der Waals surface area contributed by atoms with Gasteiger partial charge in [0.1, 0.15) is 17.6 Å². The van der Waals surface area contributed by atoms with Gasteiger partial charge in [-0.25, -0.2) is 9.97 Å². The summed E-state index contributed by atoms with van der Waals surface area (Å²) < 4.78 is 10.0. The lowest BCUT2D eigenvalue weighted by Crippen LogP contribution is -2.26. The molecule has 0 radical (unpaired) electrons. The predicted molar refractivity (Wildman–Crippen MR) is 125 cm³/mol. The lowest BCUT2D eigenvalue weighted by molar-refractivity contribution is 0.130. The Morgan fingerprint density at radius 1 is 1.15 bits per heavy atom. The molecule has 9 nitrogen and oxygen atoms in total. The Bertz CT molecular complexity index is 1350. The fraction of sp³-hybridized carbons (Fsp3) is 0.348. The van der Waals surface area contributed by atoms with Gasteiger partial charge in [-0.2, -0.15) is 15.5 Å². The maximum atomic E-state index is 9.31. The Morgan fingerprint density at radius 3 is 2.67 bits per heavy atom. The zero-order valence-corrected chi connectivity index (χ0v) is 19.1. The van der Waals surface area contributed by atoms with Crippen LogP contribution in [0.25, 0.3) is 22.2 Å². The molecule has 4 aromatic rings. The molecule has 0 unspecified atom stereocenters. The fourth-order valence-corrected chi connectivity index (χ4v) is 4.53. The largest absolute Gasteiger partial charge is 0.487 e. The first kappa shape index (κ1) is 21.2. The van der Waals surface area contributed by atoms with E-state index in [9.17, 15) is 5.26 Å². The van der Waals surface area contributed by atoms with Crippen molar-refractivity contribution in [1.82, 2.24) is 29.5 Å². The molecule has 4 heterocycles. The van der Waals surface area contributed by atoms with Gasteiger partial charge in [-0.1, -0.05) is 11.6 Å². The fourth-order valence-electron chi connectivity index (χ4n) is 4.39. The molecule has 0 spiro atoms. The van der Waals surface area contributed by atoms with Crippen molar-refractivity contribution in [2.45, 2.75) is 37.8 Å². The van der Waals surface area contributed by atoms with Crippen molar-refractivity contribution < 1.29 is 4.74 Å². The molecule has 0 bridgehead atoms. The molecular formula is C23H23ClN8O. The number of aromatic nitrogens is 6. The van der Waals surface area contributed by atoms with Crippen LogP contribution in [0.3, 0.4) is 0 Å². The first-order valence-electron chi connectivity index (χ1n) is 10.8. The second-order valence-electron chi connectivity index (χ2n) is 8.19. The van der Waals surface area contributed by atoms with Crippen LogP contribution in [-0.4, -0.2) is 42.7 Å². The topological polar surface area (TPSA) is 106 Å². The van der Waals surface area contributed by atoms with E-state index in [1.165, 1.54) is 6.20 Å². The average Bonchev–Trinajstić information content (AvgIpc) is 3.43. The first-order chi connectivity index (χ1) is 16.1. The highest BCUT2D eigenvalue weighted by Gasteiger charge is 2.27. The summed E-state index contributed by atoms with van der Waals surface area (Å²) in [7, 11) is 3.76. The van der Waals surface area contributed by atoms with Gasteiger partial charge in [0.25, 0.3) is 0 Å². The molecular weight excluding hydrogens is 440 g/mol. The number of nitriles is 1. The molecule has 1 N–H and O–H groups in total. The maximum Gasteiger partial charge on any atom is 0.182 e. The van der Waals surface area contributed by atoms with Gasteiger partial charge in [0, 0.05) is 55.8 Å². The normalized spacial score (nSPS) is 18.2. The molecule has 0 aromatic carbocycles. The number of ether oxygens (including phenoxy) is 1. The zero-order valence-electron chi connectivity index (χ0n) is 18.4. The third kappa shape index (κ3) is 4.10. The minimum Gasteiger partial charge on any atom is -0.487 e. The number of aryl methyl sites for hydroxylation is 1. The molecule has 0 atom stereocenters. The Hall–Kier alpha value is -3.64. The smallest absolute Gasteiger partial charge is 0.182 e. The van der Waals surface area contributed by atoms with Gasteiger partial charge in [0.05, 0.1) is 28.9 Å². The number of fused-ring (bicyclic) bond motifs is 1. The summed E-state index contributed by atoms with van der Waals surface area (Å²) in [4.78, 5) is 8.56. The van der Waals surface area contributed by atoms with E-state index in [1.807, 2.05) is 38.8 Å². The molecule has 4 aromatic heterocycles. The van der Waals surface area contributed by atoms with Gasteiger partial charge in [-0.05, 0) is 25.7 Å². The maximum absolute atomic E-state index is 9.31. The number of hydrogen-bond acceptors (Lipinski definition) is 7. The Morgan fingerprint density at radius 2 is 1.97 bits per heavy atom. The van der Waals surface area contributed by atoms with Crippen LogP contribution in [0.4, 0.5) is 5.82 Å². The van der Waals surface area contributed by atoms with Crippen LogP contribution in [0.2, 0.25) is 5.02 Å². The lowest BCUT2D eigenvalue weighted by Gasteiger charge is -2.29. The summed E-state index contributed by atoms with van der Waals surface area (Å²) in [6.45, 7) is 0. The number of anilines is 1. The Labute approximate surface area is 196 Å². The van der Waals surface area contributed by atoms with Crippen LogP contribution < -0.4 is 10.1 Å². The van der Waals surface area contributed by atoms with Gasteiger partial charge < -0.3 is 10.1 Å². The van der Waals surface area contributed by atoms with Crippen molar-refractivity contribution in [1.29, 1.82) is 5.26 Å². The first-order valence-corrected chi connectivity index (χ1v) is 11.2. The van der Waals surface area contributed by atoms with E-state index in [-0.39, 0.29) is 17.8 Å². The number of halogens is 1. The van der Waals surface area contributed by atoms with Crippen molar-refractivity contribution in [2.24, 2.45) is 7.05 Å². The van der Waals surface area contributed by atoms with Crippen LogP contribution in [0.5, 0.6) is 5.75 Å². The third-order valence-electron chi connectivity index (χ3n) is 6.03. The number of nitrogens with zero attached hydrogens (tertiary/aromatic N) is 7. The average molecular weight is 463 g/mol. The molecule has 0 saturated heterocycles. The summed E-state index contributed by atoms with van der Waals surface area (Å²) in [5.41, 5.74) is 3.15. The molecule has 1 aliphatic rings. The zero-order chi connectivity index (χ0) is 22.9. The second-order valence-corrected chi connectivity index (χ2v) is 8.63. The number of rotatable bonds is 5. The van der Waals surface area contributed by atoms with Gasteiger partial charge in [-0.3, -0.25) is 9.36 Å². The van der Waals surface area contributed by atoms with Gasteiger partial charge in [0.15, 0.2) is 11.4 Å². The van der Waals surface area contributed by atoms with Crippen LogP contribution in [0.15, 0.2) is 36.9 Å². The molecule has 33 heavy (non-hydrogen) atoms. The van der Waals surface area contributed by atoms with Gasteiger partial charge in [-0.15, -0.1) is 0 Å². The van der Waals surface area contributed by atoms with Crippen molar-refractivity contribution >= 4 is 28.3 Å². The van der Waals surface area contributed by atoms with E-state index in [1.54, 1.807) is 10.7 Å².